The molecule has 1 aromatic heterocycles. The molecule has 26 heavy (non-hydrogen) atoms. The lowest BCUT2D eigenvalue weighted by molar-refractivity contribution is -0.131. The largest absolute Gasteiger partial charge is 0.340 e. The van der Waals surface area contributed by atoms with Crippen LogP contribution in [-0.2, 0) is 11.3 Å². The Morgan fingerprint density at radius 1 is 0.923 bits per heavy atom. The summed E-state index contributed by atoms with van der Waals surface area (Å²) in [5, 5.41) is 1.18. The number of aromatic nitrogens is 1. The Labute approximate surface area is 154 Å². The van der Waals surface area contributed by atoms with Crippen molar-refractivity contribution in [1.29, 1.82) is 0 Å². The normalized spacial score (nSPS) is 16.0. The lowest BCUT2D eigenvalue weighted by Crippen LogP contribution is -2.36. The number of likely N-dealkylation sites (N-methyl/N-ethyl adjacent to an activating group) is 1. The lowest BCUT2D eigenvalue weighted by Gasteiger charge is -2.22. The van der Waals surface area contributed by atoms with Crippen molar-refractivity contribution in [1.82, 2.24) is 14.4 Å². The van der Waals surface area contributed by atoms with Crippen LogP contribution >= 0.6 is 0 Å². The molecule has 0 bridgehead atoms. The van der Waals surface area contributed by atoms with Gasteiger partial charge in [-0.1, -0.05) is 48.5 Å². The van der Waals surface area contributed by atoms with Gasteiger partial charge in [0.1, 0.15) is 6.54 Å². The summed E-state index contributed by atoms with van der Waals surface area (Å²) in [4.78, 5) is 17.4. The first-order valence-electron chi connectivity index (χ1n) is 9.32. The molecule has 134 valence electrons. The van der Waals surface area contributed by atoms with E-state index in [2.05, 4.69) is 46.8 Å². The fourth-order valence-corrected chi connectivity index (χ4v) is 3.76. The van der Waals surface area contributed by atoms with Crippen LogP contribution in [0.3, 0.4) is 0 Å². The van der Waals surface area contributed by atoms with E-state index in [1.807, 2.05) is 35.2 Å². The van der Waals surface area contributed by atoms with Gasteiger partial charge in [-0.2, -0.15) is 0 Å². The molecule has 0 saturated carbocycles. The molecule has 2 aromatic carbocycles. The van der Waals surface area contributed by atoms with Gasteiger partial charge < -0.3 is 14.4 Å². The molecule has 1 fully saturated rings. The highest BCUT2D eigenvalue weighted by molar-refractivity contribution is 5.89. The number of hydrogen-bond donors (Lipinski definition) is 0. The third-order valence-corrected chi connectivity index (χ3v) is 5.25. The Balaban J connectivity index is 1.68. The van der Waals surface area contributed by atoms with Crippen molar-refractivity contribution in [3.63, 3.8) is 0 Å². The second-order valence-electron chi connectivity index (χ2n) is 7.08. The topological polar surface area (TPSA) is 28.5 Å². The molecule has 0 aliphatic carbocycles. The van der Waals surface area contributed by atoms with Crippen LogP contribution in [-0.4, -0.2) is 53.5 Å². The van der Waals surface area contributed by atoms with Crippen LogP contribution in [0.25, 0.3) is 22.2 Å². The van der Waals surface area contributed by atoms with Crippen molar-refractivity contribution in [2.75, 3.05) is 33.2 Å². The molecule has 4 nitrogen and oxygen atoms in total. The van der Waals surface area contributed by atoms with E-state index >= 15 is 0 Å². The second kappa shape index (κ2) is 7.34. The minimum absolute atomic E-state index is 0.207. The van der Waals surface area contributed by atoms with Crippen LogP contribution in [0.2, 0.25) is 0 Å². The van der Waals surface area contributed by atoms with E-state index in [0.717, 1.165) is 49.4 Å². The van der Waals surface area contributed by atoms with Crippen molar-refractivity contribution in [3.8, 4) is 11.3 Å². The molecule has 0 spiro atoms. The van der Waals surface area contributed by atoms with Crippen molar-refractivity contribution in [2.24, 2.45) is 0 Å². The van der Waals surface area contributed by atoms with Crippen molar-refractivity contribution >= 4 is 16.8 Å². The number of nitrogens with zero attached hydrogens (tertiary/aromatic N) is 3. The van der Waals surface area contributed by atoms with Gasteiger partial charge in [-0.3, -0.25) is 4.79 Å². The van der Waals surface area contributed by atoms with Crippen molar-refractivity contribution < 1.29 is 4.79 Å². The molecule has 1 amide bonds. The summed E-state index contributed by atoms with van der Waals surface area (Å²) in [5.41, 5.74) is 3.37. The van der Waals surface area contributed by atoms with Gasteiger partial charge in [0.05, 0.1) is 0 Å². The molecule has 1 saturated heterocycles. The summed E-state index contributed by atoms with van der Waals surface area (Å²) in [7, 11) is 2.13. The summed E-state index contributed by atoms with van der Waals surface area (Å²) in [5.74, 6) is 0.207. The number of carbonyl (C=O) groups excluding carboxylic acids is 1. The summed E-state index contributed by atoms with van der Waals surface area (Å²) >= 11 is 0. The summed E-state index contributed by atoms with van der Waals surface area (Å²) in [6, 6.07) is 20.8. The van der Waals surface area contributed by atoms with E-state index in [-0.39, 0.29) is 5.91 Å². The molecule has 1 aliphatic rings. The first-order chi connectivity index (χ1) is 12.7. The zero-order chi connectivity index (χ0) is 17.9. The Morgan fingerprint density at radius 3 is 2.54 bits per heavy atom. The van der Waals surface area contributed by atoms with Gasteiger partial charge in [0.15, 0.2) is 0 Å². The minimum atomic E-state index is 0.207. The van der Waals surface area contributed by atoms with E-state index in [0.29, 0.717) is 6.54 Å². The molecule has 4 heteroatoms. The van der Waals surface area contributed by atoms with E-state index in [9.17, 15) is 4.79 Å². The van der Waals surface area contributed by atoms with Crippen LogP contribution in [0.15, 0.2) is 60.7 Å². The Bertz CT molecular complexity index is 900. The Kier molecular flexibility index (Phi) is 4.76. The molecule has 0 N–H and O–H groups in total. The maximum absolute atomic E-state index is 13.0. The summed E-state index contributed by atoms with van der Waals surface area (Å²) in [6.45, 7) is 4.06. The predicted molar refractivity (Wildman–Crippen MR) is 106 cm³/mol. The van der Waals surface area contributed by atoms with Gasteiger partial charge in [-0.15, -0.1) is 0 Å². The Morgan fingerprint density at radius 2 is 1.69 bits per heavy atom. The fraction of sp³-hybridized carbons (Fsp3) is 0.318. The van der Waals surface area contributed by atoms with E-state index in [1.165, 1.54) is 5.39 Å². The van der Waals surface area contributed by atoms with E-state index in [4.69, 9.17) is 0 Å². The maximum Gasteiger partial charge on any atom is 0.242 e. The number of para-hydroxylation sites is 1. The molecule has 3 aromatic rings. The van der Waals surface area contributed by atoms with Crippen molar-refractivity contribution in [3.05, 3.63) is 60.7 Å². The van der Waals surface area contributed by atoms with Gasteiger partial charge in [-0.05, 0) is 37.7 Å². The van der Waals surface area contributed by atoms with Crippen LogP contribution in [0.5, 0.6) is 0 Å². The molecule has 2 heterocycles. The van der Waals surface area contributed by atoms with E-state index in [1.54, 1.807) is 0 Å². The fourth-order valence-electron chi connectivity index (χ4n) is 3.76. The number of rotatable bonds is 3. The first kappa shape index (κ1) is 16.9. The number of amides is 1. The highest BCUT2D eigenvalue weighted by atomic mass is 16.2. The number of benzene rings is 2. The maximum atomic E-state index is 13.0. The van der Waals surface area contributed by atoms with Crippen LogP contribution in [0, 0.1) is 0 Å². The van der Waals surface area contributed by atoms with Crippen LogP contribution < -0.4 is 0 Å². The van der Waals surface area contributed by atoms with Gasteiger partial charge in [0.2, 0.25) is 5.91 Å². The minimum Gasteiger partial charge on any atom is -0.340 e. The smallest absolute Gasteiger partial charge is 0.242 e. The monoisotopic (exact) mass is 347 g/mol. The standard InChI is InChI=1S/C22H25N3O/c1-23-12-7-13-24(15-14-23)22(26)17-25-20-11-6-5-10-19(20)16-21(25)18-8-3-2-4-9-18/h2-6,8-11,16H,7,12-15,17H2,1H3. The average Bonchev–Trinajstić information content (AvgIpc) is 2.88. The van der Waals surface area contributed by atoms with Crippen LogP contribution in [0.1, 0.15) is 6.42 Å². The molecule has 1 aliphatic heterocycles. The number of hydrogen-bond acceptors (Lipinski definition) is 2. The highest BCUT2D eigenvalue weighted by Gasteiger charge is 2.20. The van der Waals surface area contributed by atoms with Gasteiger partial charge in [0.25, 0.3) is 0 Å². The molecular weight excluding hydrogens is 322 g/mol. The number of fused-ring (bicyclic) bond motifs is 1. The van der Waals surface area contributed by atoms with Gasteiger partial charge in [-0.25, -0.2) is 0 Å². The average molecular weight is 347 g/mol. The number of carbonyl (C=O) groups is 1. The third-order valence-electron chi connectivity index (χ3n) is 5.25. The molecular formula is C22H25N3O. The summed E-state index contributed by atoms with van der Waals surface area (Å²) in [6.07, 6.45) is 1.04. The quantitative estimate of drug-likeness (QED) is 0.726. The van der Waals surface area contributed by atoms with E-state index < -0.39 is 0 Å². The molecule has 0 radical (unpaired) electrons. The zero-order valence-corrected chi connectivity index (χ0v) is 15.3. The van der Waals surface area contributed by atoms with Gasteiger partial charge in [0, 0.05) is 36.2 Å². The highest BCUT2D eigenvalue weighted by Crippen LogP contribution is 2.28. The van der Waals surface area contributed by atoms with Crippen molar-refractivity contribution in [2.45, 2.75) is 13.0 Å². The predicted octanol–water partition coefficient (Wildman–Crippen LogP) is 3.47. The SMILES string of the molecule is CN1CCCN(C(=O)Cn2c(-c3ccccc3)cc3ccccc32)CC1. The zero-order valence-electron chi connectivity index (χ0n) is 15.3. The molecule has 0 atom stereocenters. The first-order valence-corrected chi connectivity index (χ1v) is 9.32. The Hall–Kier alpha value is -2.59. The lowest BCUT2D eigenvalue weighted by atomic mass is 10.1. The van der Waals surface area contributed by atoms with Crippen LogP contribution in [0.4, 0.5) is 0 Å². The molecule has 0 unspecified atom stereocenters. The summed E-state index contributed by atoms with van der Waals surface area (Å²) < 4.78 is 2.17. The molecule has 4 rings (SSSR count). The second-order valence-corrected chi connectivity index (χ2v) is 7.08. The van der Waals surface area contributed by atoms with Gasteiger partial charge >= 0.3 is 0 Å². The third kappa shape index (κ3) is 3.37.